The van der Waals surface area contributed by atoms with Crippen LogP contribution in [0.25, 0.3) is 0 Å². The molecule has 1 atom stereocenters. The fourth-order valence-electron chi connectivity index (χ4n) is 4.63. The second-order valence-corrected chi connectivity index (χ2v) is 12.9. The highest BCUT2D eigenvalue weighted by molar-refractivity contribution is 7.92. The summed E-state index contributed by atoms with van der Waals surface area (Å²) in [6, 6.07) is 28.9. The van der Waals surface area contributed by atoms with E-state index in [-0.39, 0.29) is 29.1 Å². The number of carbonyl (C=O) groups is 2. The van der Waals surface area contributed by atoms with E-state index < -0.39 is 28.5 Å². The van der Waals surface area contributed by atoms with Gasteiger partial charge in [0.1, 0.15) is 24.1 Å². The first kappa shape index (κ1) is 32.3. The van der Waals surface area contributed by atoms with Crippen molar-refractivity contribution in [1.29, 1.82) is 0 Å². The van der Waals surface area contributed by atoms with Gasteiger partial charge in [-0.1, -0.05) is 60.2 Å². The highest BCUT2D eigenvalue weighted by atomic mass is 32.2. The number of hydrogen-bond acceptors (Lipinski definition) is 5. The lowest BCUT2D eigenvalue weighted by molar-refractivity contribution is -0.139. The Bertz CT molecular complexity index is 1670. The minimum atomic E-state index is -4.17. The summed E-state index contributed by atoms with van der Waals surface area (Å²) in [5, 5.41) is 2.87. The number of carbonyl (C=O) groups excluding carboxylic acids is 2. The van der Waals surface area contributed by atoms with Crippen LogP contribution in [-0.2, 0) is 26.2 Å². The quantitative estimate of drug-likeness (QED) is 0.204. The van der Waals surface area contributed by atoms with Crippen LogP contribution in [0.4, 0.5) is 5.69 Å². The van der Waals surface area contributed by atoms with Crippen molar-refractivity contribution in [2.45, 2.75) is 58.1 Å². The molecule has 0 radical (unpaired) electrons. The standard InChI is InChI=1S/C35H39N3O5S/c1-25(2)36-35(40)28(5)37(23-29-12-10-9-11-27(29)4)34(39)24-38(44(41,42)33-21-15-26(3)16-22-33)30-17-19-32(20-18-30)43-31-13-7-6-8-14-31/h6-22,25,28H,23-24H2,1-5H3,(H,36,40)/t28-/m0/s1. The van der Waals surface area contributed by atoms with E-state index in [4.69, 9.17) is 4.74 Å². The third-order valence-electron chi connectivity index (χ3n) is 7.19. The van der Waals surface area contributed by atoms with Gasteiger partial charge in [0.25, 0.3) is 10.0 Å². The average Bonchev–Trinajstić information content (AvgIpc) is 3.00. The van der Waals surface area contributed by atoms with Crippen molar-refractivity contribution in [3.8, 4) is 11.5 Å². The predicted octanol–water partition coefficient (Wildman–Crippen LogP) is 6.23. The molecule has 0 unspecified atom stereocenters. The first-order valence-electron chi connectivity index (χ1n) is 14.5. The number of hydrogen-bond donors (Lipinski definition) is 1. The van der Waals surface area contributed by atoms with Gasteiger partial charge >= 0.3 is 0 Å². The topological polar surface area (TPSA) is 96.0 Å². The first-order chi connectivity index (χ1) is 21.0. The average molecular weight is 614 g/mol. The smallest absolute Gasteiger partial charge is 0.264 e. The Morgan fingerprint density at radius 1 is 0.773 bits per heavy atom. The summed E-state index contributed by atoms with van der Waals surface area (Å²) in [6.45, 7) is 8.78. The van der Waals surface area contributed by atoms with E-state index in [1.807, 2.05) is 82.3 Å². The van der Waals surface area contributed by atoms with Crippen molar-refractivity contribution in [2.75, 3.05) is 10.8 Å². The van der Waals surface area contributed by atoms with Gasteiger partial charge in [0.05, 0.1) is 10.6 Å². The van der Waals surface area contributed by atoms with Gasteiger partial charge in [0, 0.05) is 12.6 Å². The maximum Gasteiger partial charge on any atom is 0.264 e. The van der Waals surface area contributed by atoms with E-state index in [1.54, 1.807) is 43.3 Å². The number of para-hydroxylation sites is 1. The highest BCUT2D eigenvalue weighted by Gasteiger charge is 2.33. The molecule has 0 aromatic heterocycles. The number of aryl methyl sites for hydroxylation is 2. The van der Waals surface area contributed by atoms with Crippen LogP contribution in [0, 0.1) is 13.8 Å². The number of amides is 2. The maximum absolute atomic E-state index is 14.1. The van der Waals surface area contributed by atoms with Crippen LogP contribution in [0.1, 0.15) is 37.5 Å². The van der Waals surface area contributed by atoms with Crippen LogP contribution in [0.2, 0.25) is 0 Å². The fourth-order valence-corrected chi connectivity index (χ4v) is 6.04. The zero-order valence-corrected chi connectivity index (χ0v) is 26.5. The van der Waals surface area contributed by atoms with Crippen LogP contribution < -0.4 is 14.4 Å². The molecule has 0 aliphatic rings. The van der Waals surface area contributed by atoms with Crippen molar-refractivity contribution < 1.29 is 22.7 Å². The molecule has 4 aromatic carbocycles. The Morgan fingerprint density at radius 3 is 1.98 bits per heavy atom. The number of nitrogens with one attached hydrogen (secondary N) is 1. The van der Waals surface area contributed by atoms with Crippen LogP contribution >= 0.6 is 0 Å². The largest absolute Gasteiger partial charge is 0.457 e. The maximum atomic E-state index is 14.1. The molecule has 9 heteroatoms. The number of sulfonamides is 1. The molecule has 0 aliphatic carbocycles. The van der Waals surface area contributed by atoms with Crippen molar-refractivity contribution in [1.82, 2.24) is 10.2 Å². The number of ether oxygens (including phenoxy) is 1. The van der Waals surface area contributed by atoms with Gasteiger partial charge < -0.3 is 15.0 Å². The van der Waals surface area contributed by atoms with E-state index in [1.165, 1.54) is 17.0 Å². The van der Waals surface area contributed by atoms with E-state index >= 15 is 0 Å². The fraction of sp³-hybridized carbons (Fsp3) is 0.257. The minimum Gasteiger partial charge on any atom is -0.457 e. The molecule has 4 rings (SSSR count). The van der Waals surface area contributed by atoms with Gasteiger partial charge in [0.15, 0.2) is 0 Å². The summed E-state index contributed by atoms with van der Waals surface area (Å²) in [7, 11) is -4.17. The number of rotatable bonds is 12. The second kappa shape index (κ2) is 14.2. The van der Waals surface area contributed by atoms with Crippen molar-refractivity contribution in [3.63, 3.8) is 0 Å². The van der Waals surface area contributed by atoms with Crippen molar-refractivity contribution in [2.24, 2.45) is 0 Å². The van der Waals surface area contributed by atoms with Gasteiger partial charge in [-0.2, -0.15) is 0 Å². The molecule has 0 aliphatic heterocycles. The van der Waals surface area contributed by atoms with Crippen molar-refractivity contribution in [3.05, 3.63) is 120 Å². The Kier molecular flexibility index (Phi) is 10.4. The summed E-state index contributed by atoms with van der Waals surface area (Å²) in [5.41, 5.74) is 3.01. The van der Waals surface area contributed by atoms with Crippen LogP contribution in [0.3, 0.4) is 0 Å². The Morgan fingerprint density at radius 2 is 1.36 bits per heavy atom. The zero-order chi connectivity index (χ0) is 31.9. The monoisotopic (exact) mass is 613 g/mol. The summed E-state index contributed by atoms with van der Waals surface area (Å²) in [5.74, 6) is 0.316. The Hall–Kier alpha value is -4.63. The highest BCUT2D eigenvalue weighted by Crippen LogP contribution is 2.29. The molecular formula is C35H39N3O5S. The lowest BCUT2D eigenvalue weighted by atomic mass is 10.1. The molecule has 44 heavy (non-hydrogen) atoms. The molecule has 1 N–H and O–H groups in total. The Balaban J connectivity index is 1.71. The van der Waals surface area contributed by atoms with Crippen molar-refractivity contribution >= 4 is 27.5 Å². The molecule has 4 aromatic rings. The molecule has 0 fully saturated rings. The lowest BCUT2D eigenvalue weighted by Gasteiger charge is -2.32. The molecule has 2 amide bonds. The van der Waals surface area contributed by atoms with Gasteiger partial charge in [-0.05, 0) is 94.3 Å². The molecule has 0 spiro atoms. The lowest BCUT2D eigenvalue weighted by Crippen LogP contribution is -2.52. The van der Waals surface area contributed by atoms with Crippen LogP contribution in [0.15, 0.2) is 108 Å². The van der Waals surface area contributed by atoms with E-state index in [2.05, 4.69) is 5.32 Å². The summed E-state index contributed by atoms with van der Waals surface area (Å²) >= 11 is 0. The van der Waals surface area contributed by atoms with E-state index in [0.717, 1.165) is 21.0 Å². The van der Waals surface area contributed by atoms with Crippen LogP contribution in [-0.4, -0.2) is 43.8 Å². The van der Waals surface area contributed by atoms with E-state index in [9.17, 15) is 18.0 Å². The zero-order valence-electron chi connectivity index (χ0n) is 25.7. The third-order valence-corrected chi connectivity index (χ3v) is 8.98. The second-order valence-electron chi connectivity index (χ2n) is 11.0. The first-order valence-corrected chi connectivity index (χ1v) is 16.0. The summed E-state index contributed by atoms with van der Waals surface area (Å²) in [4.78, 5) is 28.7. The molecule has 230 valence electrons. The number of anilines is 1. The predicted molar refractivity (Wildman–Crippen MR) is 173 cm³/mol. The Labute approximate surface area is 260 Å². The SMILES string of the molecule is Cc1ccc(S(=O)(=O)N(CC(=O)N(Cc2ccccc2C)[C@@H](C)C(=O)NC(C)C)c2ccc(Oc3ccccc3)cc2)cc1. The molecule has 0 bridgehead atoms. The summed E-state index contributed by atoms with van der Waals surface area (Å²) < 4.78 is 35.2. The van der Waals surface area contributed by atoms with Gasteiger partial charge in [-0.3, -0.25) is 13.9 Å². The van der Waals surface area contributed by atoms with Gasteiger partial charge in [-0.15, -0.1) is 0 Å². The molecule has 8 nitrogen and oxygen atoms in total. The van der Waals surface area contributed by atoms with Gasteiger partial charge in [0.2, 0.25) is 11.8 Å². The van der Waals surface area contributed by atoms with Crippen LogP contribution in [0.5, 0.6) is 11.5 Å². The van der Waals surface area contributed by atoms with E-state index in [0.29, 0.717) is 11.5 Å². The summed E-state index contributed by atoms with van der Waals surface area (Å²) in [6.07, 6.45) is 0. The molecule has 0 saturated heterocycles. The number of benzene rings is 4. The molecule has 0 heterocycles. The molecular weight excluding hydrogens is 574 g/mol. The molecule has 0 saturated carbocycles. The number of nitrogens with zero attached hydrogens (tertiary/aromatic N) is 2. The third kappa shape index (κ3) is 8.05. The van der Waals surface area contributed by atoms with Gasteiger partial charge in [-0.25, -0.2) is 8.42 Å². The normalized spacial score (nSPS) is 12.0. The minimum absolute atomic E-state index is 0.0524.